The second-order valence-electron chi connectivity index (χ2n) is 4.07. The third-order valence-electron chi connectivity index (χ3n) is 2.58. The van der Waals surface area contributed by atoms with Gasteiger partial charge in [-0.25, -0.2) is 0 Å². The number of hydrogen-bond acceptors (Lipinski definition) is 5. The number of hydrogen-bond donors (Lipinski definition) is 3. The Morgan fingerprint density at radius 2 is 1.94 bits per heavy atom. The lowest BCUT2D eigenvalue weighted by molar-refractivity contribution is -0.141. The Labute approximate surface area is 101 Å². The van der Waals surface area contributed by atoms with Gasteiger partial charge in [0, 0.05) is 0 Å². The lowest BCUT2D eigenvalue weighted by Crippen LogP contribution is -2.46. The molecule has 6 nitrogen and oxygen atoms in total. The number of aliphatic carboxylic acids is 1. The number of aliphatic hydroxyl groups is 2. The number of ketones is 1. The summed E-state index contributed by atoms with van der Waals surface area (Å²) in [6.45, 7) is 1.06. The van der Waals surface area contributed by atoms with Crippen molar-refractivity contribution in [3.63, 3.8) is 0 Å². The summed E-state index contributed by atoms with van der Waals surface area (Å²) in [6, 6.07) is -0.659. The maximum absolute atomic E-state index is 11.8. The molecule has 0 aromatic heterocycles. The fraction of sp³-hybridized carbons (Fsp3) is 0.818. The van der Waals surface area contributed by atoms with Gasteiger partial charge in [0.15, 0.2) is 5.78 Å². The first-order chi connectivity index (χ1) is 7.93. The maximum Gasteiger partial charge on any atom is 0.317 e. The molecule has 0 fully saturated rings. The van der Waals surface area contributed by atoms with Crippen molar-refractivity contribution < 1.29 is 24.9 Å². The molecule has 100 valence electrons. The Morgan fingerprint density at radius 3 is 2.35 bits per heavy atom. The molecule has 0 aromatic carbocycles. The third kappa shape index (κ3) is 5.76. The topological polar surface area (TPSA) is 98.1 Å². The number of nitrogens with zero attached hydrogens (tertiary/aromatic N) is 1. The van der Waals surface area contributed by atoms with Crippen LogP contribution in [0.5, 0.6) is 0 Å². The summed E-state index contributed by atoms with van der Waals surface area (Å²) in [5.74, 6) is -1.55. The number of carbonyl (C=O) groups is 2. The monoisotopic (exact) mass is 247 g/mol. The van der Waals surface area contributed by atoms with Crippen LogP contribution in [0.1, 0.15) is 26.2 Å². The minimum atomic E-state index is -1.44. The normalized spacial score (nSPS) is 14.6. The molecule has 0 bridgehead atoms. The van der Waals surface area contributed by atoms with E-state index in [2.05, 4.69) is 0 Å². The van der Waals surface area contributed by atoms with Crippen LogP contribution >= 0.6 is 0 Å². The summed E-state index contributed by atoms with van der Waals surface area (Å²) in [7, 11) is 1.52. The van der Waals surface area contributed by atoms with Gasteiger partial charge in [0.25, 0.3) is 0 Å². The van der Waals surface area contributed by atoms with Gasteiger partial charge in [-0.2, -0.15) is 0 Å². The van der Waals surface area contributed by atoms with E-state index >= 15 is 0 Å². The molecule has 6 heteroatoms. The van der Waals surface area contributed by atoms with Crippen LogP contribution in [0.3, 0.4) is 0 Å². The Morgan fingerprint density at radius 1 is 1.35 bits per heavy atom. The van der Waals surface area contributed by atoms with Crippen molar-refractivity contribution >= 4 is 11.8 Å². The number of Topliss-reactive ketones (excluding diaryl/α,β-unsaturated/α-hetero) is 1. The van der Waals surface area contributed by atoms with Crippen LogP contribution in [0, 0.1) is 0 Å². The molecule has 0 aliphatic heterocycles. The fourth-order valence-corrected chi connectivity index (χ4v) is 1.61. The van der Waals surface area contributed by atoms with Crippen LogP contribution in [-0.2, 0) is 9.59 Å². The van der Waals surface area contributed by atoms with E-state index < -0.39 is 30.5 Å². The number of carboxylic acid groups (broad SMARTS) is 1. The lowest BCUT2D eigenvalue weighted by Gasteiger charge is -2.26. The van der Waals surface area contributed by atoms with Gasteiger partial charge in [0.2, 0.25) is 0 Å². The minimum absolute atomic E-state index is 0.266. The average molecular weight is 247 g/mol. The molecule has 2 atom stereocenters. The van der Waals surface area contributed by atoms with Crippen LogP contribution in [0.25, 0.3) is 0 Å². The van der Waals surface area contributed by atoms with E-state index in [1.54, 1.807) is 0 Å². The second kappa shape index (κ2) is 8.16. The van der Waals surface area contributed by atoms with Crippen molar-refractivity contribution in [3.8, 4) is 0 Å². The van der Waals surface area contributed by atoms with E-state index in [-0.39, 0.29) is 6.54 Å². The molecule has 0 amide bonds. The van der Waals surface area contributed by atoms with Gasteiger partial charge in [-0.15, -0.1) is 0 Å². The molecule has 0 aliphatic carbocycles. The zero-order valence-electron chi connectivity index (χ0n) is 10.3. The Kier molecular flexibility index (Phi) is 7.69. The van der Waals surface area contributed by atoms with Crippen LogP contribution in [0.15, 0.2) is 0 Å². The second-order valence-corrected chi connectivity index (χ2v) is 4.07. The first kappa shape index (κ1) is 16.0. The maximum atomic E-state index is 11.8. The third-order valence-corrected chi connectivity index (χ3v) is 2.58. The molecule has 0 heterocycles. The van der Waals surface area contributed by atoms with Gasteiger partial charge in [-0.1, -0.05) is 19.8 Å². The van der Waals surface area contributed by atoms with Gasteiger partial charge in [0.1, 0.15) is 6.10 Å². The van der Waals surface area contributed by atoms with E-state index in [1.807, 2.05) is 6.92 Å². The largest absolute Gasteiger partial charge is 0.480 e. The molecule has 0 spiro atoms. The van der Waals surface area contributed by atoms with Crippen LogP contribution in [0.2, 0.25) is 0 Å². The number of carbonyl (C=O) groups excluding carboxylic acids is 1. The SMILES string of the molecule is CCCCC(C(=O)C(O)CO)N(C)CC(=O)O. The van der Waals surface area contributed by atoms with E-state index in [9.17, 15) is 14.7 Å². The number of rotatable bonds is 9. The fourth-order valence-electron chi connectivity index (χ4n) is 1.61. The van der Waals surface area contributed by atoms with Crippen molar-refractivity contribution in [3.05, 3.63) is 0 Å². The van der Waals surface area contributed by atoms with Crippen LogP contribution < -0.4 is 0 Å². The van der Waals surface area contributed by atoms with E-state index in [0.29, 0.717) is 6.42 Å². The standard InChI is InChI=1S/C11H21NO5/c1-3-4-5-8(11(17)9(14)7-13)12(2)6-10(15)16/h8-9,13-14H,3-7H2,1-2H3,(H,15,16). The molecular weight excluding hydrogens is 226 g/mol. The molecule has 0 rings (SSSR count). The Bertz CT molecular complexity index is 256. The summed E-state index contributed by atoms with van der Waals surface area (Å²) < 4.78 is 0. The average Bonchev–Trinajstić information content (AvgIpc) is 2.27. The van der Waals surface area contributed by atoms with Crippen molar-refractivity contribution in [1.29, 1.82) is 0 Å². The predicted molar refractivity (Wildman–Crippen MR) is 61.7 cm³/mol. The van der Waals surface area contributed by atoms with Crippen LogP contribution in [-0.4, -0.2) is 64.3 Å². The highest BCUT2D eigenvalue weighted by Gasteiger charge is 2.28. The van der Waals surface area contributed by atoms with Crippen molar-refractivity contribution in [2.24, 2.45) is 0 Å². The molecule has 0 radical (unpaired) electrons. The number of likely N-dealkylation sites (N-methyl/N-ethyl adjacent to an activating group) is 1. The van der Waals surface area contributed by atoms with Gasteiger partial charge in [-0.3, -0.25) is 14.5 Å². The smallest absolute Gasteiger partial charge is 0.317 e. The summed E-state index contributed by atoms with van der Waals surface area (Å²) in [5, 5.41) is 26.7. The lowest BCUT2D eigenvalue weighted by atomic mass is 10.0. The molecule has 0 aliphatic rings. The number of unbranched alkanes of at least 4 members (excludes halogenated alkanes) is 1. The van der Waals surface area contributed by atoms with Crippen molar-refractivity contribution in [1.82, 2.24) is 4.90 Å². The molecule has 2 unspecified atom stereocenters. The highest BCUT2D eigenvalue weighted by Crippen LogP contribution is 2.10. The number of carboxylic acids is 1. The van der Waals surface area contributed by atoms with E-state index in [0.717, 1.165) is 12.8 Å². The van der Waals surface area contributed by atoms with Gasteiger partial charge < -0.3 is 15.3 Å². The molecule has 17 heavy (non-hydrogen) atoms. The highest BCUT2D eigenvalue weighted by atomic mass is 16.4. The first-order valence-electron chi connectivity index (χ1n) is 5.68. The highest BCUT2D eigenvalue weighted by molar-refractivity contribution is 5.88. The summed E-state index contributed by atoms with van der Waals surface area (Å²) in [5.41, 5.74) is 0. The zero-order valence-corrected chi connectivity index (χ0v) is 10.3. The quantitative estimate of drug-likeness (QED) is 0.507. The molecule has 0 saturated carbocycles. The molecule has 3 N–H and O–H groups in total. The number of aliphatic hydroxyl groups excluding tert-OH is 2. The zero-order chi connectivity index (χ0) is 13.4. The van der Waals surface area contributed by atoms with Gasteiger partial charge in [0.05, 0.1) is 19.2 Å². The van der Waals surface area contributed by atoms with Crippen molar-refractivity contribution in [2.75, 3.05) is 20.2 Å². The van der Waals surface area contributed by atoms with Crippen molar-refractivity contribution in [2.45, 2.75) is 38.3 Å². The van der Waals surface area contributed by atoms with Gasteiger partial charge >= 0.3 is 5.97 Å². The predicted octanol–water partition coefficient (Wildman–Crippen LogP) is -0.516. The van der Waals surface area contributed by atoms with Gasteiger partial charge in [-0.05, 0) is 13.5 Å². The molecule has 0 saturated heterocycles. The first-order valence-corrected chi connectivity index (χ1v) is 5.68. The molecule has 0 aromatic rings. The minimum Gasteiger partial charge on any atom is -0.480 e. The summed E-state index contributed by atoms with van der Waals surface area (Å²) in [6.07, 6.45) is 0.683. The summed E-state index contributed by atoms with van der Waals surface area (Å²) in [4.78, 5) is 23.7. The summed E-state index contributed by atoms with van der Waals surface area (Å²) >= 11 is 0. The van der Waals surface area contributed by atoms with E-state index in [4.69, 9.17) is 10.2 Å². The van der Waals surface area contributed by atoms with Crippen LogP contribution in [0.4, 0.5) is 0 Å². The Hall–Kier alpha value is -0.980. The van der Waals surface area contributed by atoms with E-state index in [1.165, 1.54) is 11.9 Å². The Balaban J connectivity index is 4.61. The molecular formula is C11H21NO5.